The van der Waals surface area contributed by atoms with Crippen LogP contribution in [0.1, 0.15) is 68.9 Å². The summed E-state index contributed by atoms with van der Waals surface area (Å²) >= 11 is 1.99. The van der Waals surface area contributed by atoms with Gasteiger partial charge in [-0.15, -0.1) is 0 Å². The van der Waals surface area contributed by atoms with Gasteiger partial charge in [-0.05, 0) is 83.7 Å². The summed E-state index contributed by atoms with van der Waals surface area (Å²) in [6.45, 7) is 14.1. The van der Waals surface area contributed by atoms with Gasteiger partial charge >= 0.3 is 0 Å². The van der Waals surface area contributed by atoms with E-state index in [2.05, 4.69) is 59.7 Å². The minimum atomic E-state index is -0.721. The smallest absolute Gasteiger partial charge is 0.248 e. The SMILES string of the molecule is CCC(C)C1C(C)C(C(C)Cc2ccc(-c3cccc(C(N)=O)c3)cc2C)C(O)(CC)C1COI. The molecular formula is C30H42INO3. The second-order valence-corrected chi connectivity index (χ2v) is 11.5. The van der Waals surface area contributed by atoms with Crippen LogP contribution in [-0.4, -0.2) is 23.2 Å². The zero-order valence-electron chi connectivity index (χ0n) is 22.1. The molecule has 5 heteroatoms. The molecule has 3 N–H and O–H groups in total. The second kappa shape index (κ2) is 11.7. The number of nitrogens with two attached hydrogens (primary N) is 1. The Morgan fingerprint density at radius 2 is 1.83 bits per heavy atom. The summed E-state index contributed by atoms with van der Waals surface area (Å²) in [7, 11) is 0. The molecule has 2 aromatic carbocycles. The lowest BCUT2D eigenvalue weighted by Crippen LogP contribution is -2.45. The molecule has 0 radical (unpaired) electrons. The number of halogens is 1. The van der Waals surface area contributed by atoms with Crippen molar-refractivity contribution in [1.29, 1.82) is 0 Å². The van der Waals surface area contributed by atoms with E-state index in [0.29, 0.717) is 35.8 Å². The third-order valence-corrected chi connectivity index (χ3v) is 9.30. The highest BCUT2D eigenvalue weighted by atomic mass is 127. The number of hydrogen-bond donors (Lipinski definition) is 2. The molecule has 2 aromatic rings. The van der Waals surface area contributed by atoms with Crippen molar-refractivity contribution in [2.45, 2.75) is 66.4 Å². The fourth-order valence-electron chi connectivity index (χ4n) is 7.09. The maximum atomic E-state index is 12.1. The predicted octanol–water partition coefficient (Wildman–Crippen LogP) is 6.99. The van der Waals surface area contributed by atoms with Gasteiger partial charge in [0.25, 0.3) is 0 Å². The Bertz CT molecular complexity index is 1020. The van der Waals surface area contributed by atoms with Gasteiger partial charge in [0.15, 0.2) is 0 Å². The molecule has 0 saturated heterocycles. The van der Waals surface area contributed by atoms with Crippen LogP contribution in [0.25, 0.3) is 11.1 Å². The molecular weight excluding hydrogens is 549 g/mol. The Kier molecular flexibility index (Phi) is 9.44. The number of hydrogen-bond acceptors (Lipinski definition) is 3. The van der Waals surface area contributed by atoms with E-state index in [4.69, 9.17) is 8.80 Å². The van der Waals surface area contributed by atoms with Crippen LogP contribution in [0.15, 0.2) is 42.5 Å². The Morgan fingerprint density at radius 3 is 2.40 bits per heavy atom. The van der Waals surface area contributed by atoms with Gasteiger partial charge in [0.2, 0.25) is 5.91 Å². The molecule has 1 aliphatic rings. The minimum Gasteiger partial charge on any atom is -0.389 e. The lowest BCUT2D eigenvalue weighted by Gasteiger charge is -2.39. The molecule has 7 atom stereocenters. The summed E-state index contributed by atoms with van der Waals surface area (Å²) in [5, 5.41) is 12.1. The van der Waals surface area contributed by atoms with E-state index in [0.717, 1.165) is 30.4 Å². The standard InChI is InChI=1S/C30H42INO3/c1-7-18(3)27-21(6)28(30(34,8-2)26(27)17-35-31)20(5)15-22-12-13-24(14-19(22)4)23-10-9-11-25(16-23)29(32)33/h9-14,16,18,20-21,26-28,34H,7-8,15,17H2,1-6H3,(H2,32,33). The normalized spacial score (nSPS) is 28.1. The highest BCUT2D eigenvalue weighted by molar-refractivity contribution is 14.1. The van der Waals surface area contributed by atoms with Crippen molar-refractivity contribution in [3.05, 3.63) is 59.2 Å². The van der Waals surface area contributed by atoms with Gasteiger partial charge in [0.1, 0.15) is 23.0 Å². The summed E-state index contributed by atoms with van der Waals surface area (Å²) in [4.78, 5) is 11.6. The molecule has 7 unspecified atom stereocenters. The summed E-state index contributed by atoms with van der Waals surface area (Å²) < 4.78 is 5.62. The average Bonchev–Trinajstić information content (AvgIpc) is 3.06. The van der Waals surface area contributed by atoms with Crippen LogP contribution in [0.4, 0.5) is 0 Å². The van der Waals surface area contributed by atoms with Crippen molar-refractivity contribution < 1.29 is 13.0 Å². The predicted molar refractivity (Wildman–Crippen MR) is 152 cm³/mol. The molecule has 192 valence electrons. The number of aryl methyl sites for hydroxylation is 1. The van der Waals surface area contributed by atoms with Gasteiger partial charge in [-0.25, -0.2) is 0 Å². The summed E-state index contributed by atoms with van der Waals surface area (Å²) in [6.07, 6.45) is 2.79. The van der Waals surface area contributed by atoms with E-state index in [9.17, 15) is 9.90 Å². The largest absolute Gasteiger partial charge is 0.389 e. The first kappa shape index (κ1) is 28.1. The highest BCUT2D eigenvalue weighted by Gasteiger charge is 2.59. The van der Waals surface area contributed by atoms with Crippen molar-refractivity contribution in [2.24, 2.45) is 41.2 Å². The maximum absolute atomic E-state index is 12.1. The lowest BCUT2D eigenvalue weighted by molar-refractivity contribution is -0.0741. The first-order chi connectivity index (χ1) is 16.6. The molecule has 0 heterocycles. The molecule has 1 fully saturated rings. The monoisotopic (exact) mass is 591 g/mol. The summed E-state index contributed by atoms with van der Waals surface area (Å²) in [6, 6.07) is 14.0. The van der Waals surface area contributed by atoms with Crippen molar-refractivity contribution >= 4 is 28.9 Å². The second-order valence-electron chi connectivity index (χ2n) is 10.8. The van der Waals surface area contributed by atoms with Crippen LogP contribution < -0.4 is 5.73 Å². The number of amides is 1. The van der Waals surface area contributed by atoms with E-state index >= 15 is 0 Å². The Labute approximate surface area is 225 Å². The number of aliphatic hydroxyl groups is 1. The molecule has 4 nitrogen and oxygen atoms in total. The molecule has 0 spiro atoms. The van der Waals surface area contributed by atoms with Crippen LogP contribution in [0.2, 0.25) is 0 Å². The van der Waals surface area contributed by atoms with E-state index < -0.39 is 11.5 Å². The van der Waals surface area contributed by atoms with Crippen LogP contribution in [0.3, 0.4) is 0 Å². The molecule has 1 aliphatic carbocycles. The Balaban J connectivity index is 1.88. The number of rotatable bonds is 10. The van der Waals surface area contributed by atoms with Crippen LogP contribution in [0, 0.1) is 42.4 Å². The fourth-order valence-corrected chi connectivity index (χ4v) is 7.48. The Morgan fingerprint density at radius 1 is 1.14 bits per heavy atom. The first-order valence-corrected chi connectivity index (χ1v) is 13.9. The van der Waals surface area contributed by atoms with Gasteiger partial charge in [-0.1, -0.05) is 71.4 Å². The zero-order valence-corrected chi connectivity index (χ0v) is 24.2. The molecule has 0 aromatic heterocycles. The van der Waals surface area contributed by atoms with Crippen LogP contribution >= 0.6 is 23.0 Å². The maximum Gasteiger partial charge on any atom is 0.248 e. The number of carbonyl (C=O) groups excluding carboxylic acids is 1. The number of benzene rings is 2. The van der Waals surface area contributed by atoms with Gasteiger partial charge in [0, 0.05) is 11.5 Å². The fraction of sp³-hybridized carbons (Fsp3) is 0.567. The third kappa shape index (κ3) is 5.62. The third-order valence-electron chi connectivity index (χ3n) is 8.95. The Hall–Kier alpha value is -1.44. The van der Waals surface area contributed by atoms with Gasteiger partial charge in [-0.2, -0.15) is 0 Å². The van der Waals surface area contributed by atoms with Crippen LogP contribution in [-0.2, 0) is 9.49 Å². The zero-order chi connectivity index (χ0) is 25.9. The summed E-state index contributed by atoms with van der Waals surface area (Å²) in [5.41, 5.74) is 9.89. The quantitative estimate of drug-likeness (QED) is 0.293. The van der Waals surface area contributed by atoms with Crippen molar-refractivity contribution in [1.82, 2.24) is 0 Å². The molecule has 3 rings (SSSR count). The lowest BCUT2D eigenvalue weighted by atomic mass is 9.72. The molecule has 0 aliphatic heterocycles. The molecule has 1 amide bonds. The van der Waals surface area contributed by atoms with Gasteiger partial charge in [0.05, 0.1) is 12.2 Å². The van der Waals surface area contributed by atoms with Crippen molar-refractivity contribution in [2.75, 3.05) is 6.61 Å². The van der Waals surface area contributed by atoms with Gasteiger partial charge in [-0.3, -0.25) is 4.79 Å². The van der Waals surface area contributed by atoms with E-state index in [1.807, 2.05) is 41.2 Å². The topological polar surface area (TPSA) is 72.6 Å². The highest BCUT2D eigenvalue weighted by Crippen LogP contribution is 2.56. The van der Waals surface area contributed by atoms with E-state index in [1.165, 1.54) is 11.1 Å². The molecule has 0 bridgehead atoms. The van der Waals surface area contributed by atoms with Gasteiger partial charge < -0.3 is 13.9 Å². The number of primary amides is 1. The number of carbonyl (C=O) groups is 1. The molecule has 1 saturated carbocycles. The van der Waals surface area contributed by atoms with Crippen LogP contribution in [0.5, 0.6) is 0 Å². The average molecular weight is 592 g/mol. The van der Waals surface area contributed by atoms with Crippen molar-refractivity contribution in [3.63, 3.8) is 0 Å². The minimum absolute atomic E-state index is 0.155. The van der Waals surface area contributed by atoms with Crippen molar-refractivity contribution in [3.8, 4) is 11.1 Å². The van der Waals surface area contributed by atoms with E-state index in [1.54, 1.807) is 6.07 Å². The van der Waals surface area contributed by atoms with E-state index in [-0.39, 0.29) is 11.8 Å². The summed E-state index contributed by atoms with van der Waals surface area (Å²) in [5.74, 6) is 1.73. The molecule has 35 heavy (non-hydrogen) atoms. The first-order valence-electron chi connectivity index (χ1n) is 13.0.